The van der Waals surface area contributed by atoms with E-state index in [-0.39, 0.29) is 22.0 Å². The molecule has 0 unspecified atom stereocenters. The summed E-state index contributed by atoms with van der Waals surface area (Å²) in [7, 11) is -2.78. The molecule has 0 saturated carbocycles. The van der Waals surface area contributed by atoms with Gasteiger partial charge in [0, 0.05) is 0 Å². The van der Waals surface area contributed by atoms with Gasteiger partial charge in [-0.25, -0.2) is 9.69 Å². The molecule has 178 valence electrons. The maximum Gasteiger partial charge on any atom is 0.339 e. The largest absolute Gasteiger partial charge is 0.493 e. The third-order valence-corrected chi connectivity index (χ3v) is 6.34. The Bertz CT molecular complexity index is 1460. The molecule has 10 heteroatoms. The van der Waals surface area contributed by atoms with Gasteiger partial charge in [0.15, 0.2) is 11.5 Å². The van der Waals surface area contributed by atoms with Gasteiger partial charge in [0.1, 0.15) is 10.5 Å². The van der Waals surface area contributed by atoms with Crippen molar-refractivity contribution in [1.29, 1.82) is 0 Å². The zero-order chi connectivity index (χ0) is 25.2. The van der Waals surface area contributed by atoms with Gasteiger partial charge < -0.3 is 8.92 Å². The Kier molecular flexibility index (Phi) is 6.39. The second-order valence-corrected chi connectivity index (χ2v) is 9.10. The standard InChI is InChI=1S/C25H20N2O7S/c1-16-7-6-8-18(13-16)27-24(29)20(23(28)26-25(27)30)14-17-11-12-21(22(15-17)33-2)34-35(31,32)19-9-4-3-5-10-19/h3-15H,1-2H3,(H,26,28,30)/b20-14+. The van der Waals surface area contributed by atoms with Crippen molar-refractivity contribution in [3.8, 4) is 11.5 Å². The SMILES string of the molecule is COc1cc(/C=C2\C(=O)NC(=O)N(c3cccc(C)c3)C2=O)ccc1OS(=O)(=O)c1ccccc1. The van der Waals surface area contributed by atoms with Gasteiger partial charge in [-0.05, 0) is 60.5 Å². The van der Waals surface area contributed by atoms with Crippen LogP contribution in [0.2, 0.25) is 0 Å². The van der Waals surface area contributed by atoms with Crippen molar-refractivity contribution in [2.45, 2.75) is 11.8 Å². The number of nitrogens with zero attached hydrogens (tertiary/aromatic N) is 1. The van der Waals surface area contributed by atoms with Crippen molar-refractivity contribution in [3.05, 3.63) is 89.5 Å². The van der Waals surface area contributed by atoms with Crippen molar-refractivity contribution in [2.75, 3.05) is 12.0 Å². The number of carbonyl (C=O) groups excluding carboxylic acids is 3. The summed E-state index contributed by atoms with van der Waals surface area (Å²) < 4.78 is 35.6. The van der Waals surface area contributed by atoms with Crippen molar-refractivity contribution in [2.24, 2.45) is 0 Å². The number of hydrogen-bond donors (Lipinski definition) is 1. The van der Waals surface area contributed by atoms with E-state index in [1.165, 1.54) is 43.5 Å². The molecule has 35 heavy (non-hydrogen) atoms. The lowest BCUT2D eigenvalue weighted by Gasteiger charge is -2.26. The van der Waals surface area contributed by atoms with Gasteiger partial charge in [0.2, 0.25) is 0 Å². The molecule has 0 aliphatic carbocycles. The molecule has 1 aliphatic heterocycles. The molecule has 3 aromatic rings. The molecular formula is C25H20N2O7S. The van der Waals surface area contributed by atoms with E-state index in [2.05, 4.69) is 5.32 Å². The third-order valence-electron chi connectivity index (χ3n) is 5.09. The van der Waals surface area contributed by atoms with E-state index in [0.717, 1.165) is 10.5 Å². The molecule has 0 atom stereocenters. The lowest BCUT2D eigenvalue weighted by molar-refractivity contribution is -0.122. The van der Waals surface area contributed by atoms with Gasteiger partial charge >= 0.3 is 16.1 Å². The summed E-state index contributed by atoms with van der Waals surface area (Å²) in [6, 6.07) is 17.7. The predicted octanol–water partition coefficient (Wildman–Crippen LogP) is 3.44. The van der Waals surface area contributed by atoms with Crippen molar-refractivity contribution >= 4 is 39.7 Å². The number of ether oxygens (including phenoxy) is 1. The van der Waals surface area contributed by atoms with E-state index in [1.54, 1.807) is 36.4 Å². The van der Waals surface area contributed by atoms with Gasteiger partial charge in [-0.15, -0.1) is 0 Å². The zero-order valence-electron chi connectivity index (χ0n) is 18.7. The molecular weight excluding hydrogens is 472 g/mol. The van der Waals surface area contributed by atoms with Crippen LogP contribution in [-0.4, -0.2) is 33.4 Å². The van der Waals surface area contributed by atoms with Crippen molar-refractivity contribution < 1.29 is 31.7 Å². The molecule has 1 aliphatic rings. The zero-order valence-corrected chi connectivity index (χ0v) is 19.5. The number of benzene rings is 3. The molecule has 4 amide bonds. The first-order valence-electron chi connectivity index (χ1n) is 10.4. The highest BCUT2D eigenvalue weighted by Gasteiger charge is 2.36. The summed E-state index contributed by atoms with van der Waals surface area (Å²) in [5.41, 5.74) is 1.22. The number of aryl methyl sites for hydroxylation is 1. The number of anilines is 1. The molecule has 3 aromatic carbocycles. The Labute approximate surface area is 201 Å². The molecule has 0 aromatic heterocycles. The van der Waals surface area contributed by atoms with E-state index < -0.39 is 28.0 Å². The van der Waals surface area contributed by atoms with Crippen LogP contribution in [0.25, 0.3) is 6.08 Å². The average molecular weight is 493 g/mol. The molecule has 4 rings (SSSR count). The molecule has 0 radical (unpaired) electrons. The lowest BCUT2D eigenvalue weighted by atomic mass is 10.1. The summed E-state index contributed by atoms with van der Waals surface area (Å²) in [4.78, 5) is 38.7. The number of hydrogen-bond acceptors (Lipinski definition) is 7. The normalized spacial score (nSPS) is 15.2. The predicted molar refractivity (Wildman–Crippen MR) is 127 cm³/mol. The topological polar surface area (TPSA) is 119 Å². The first-order valence-corrected chi connectivity index (χ1v) is 11.8. The van der Waals surface area contributed by atoms with Gasteiger partial charge in [0.05, 0.1) is 12.8 Å². The highest BCUT2D eigenvalue weighted by atomic mass is 32.2. The van der Waals surface area contributed by atoms with Crippen molar-refractivity contribution in [1.82, 2.24) is 5.32 Å². The van der Waals surface area contributed by atoms with Crippen molar-refractivity contribution in [3.63, 3.8) is 0 Å². The van der Waals surface area contributed by atoms with Crippen LogP contribution in [-0.2, 0) is 19.7 Å². The van der Waals surface area contributed by atoms with E-state index in [9.17, 15) is 22.8 Å². The molecule has 1 heterocycles. The number of urea groups is 1. The van der Waals surface area contributed by atoms with Gasteiger partial charge in [-0.1, -0.05) is 36.4 Å². The average Bonchev–Trinajstić information content (AvgIpc) is 2.83. The Balaban J connectivity index is 1.66. The number of imide groups is 2. The molecule has 0 bridgehead atoms. The highest BCUT2D eigenvalue weighted by Crippen LogP contribution is 2.32. The summed E-state index contributed by atoms with van der Waals surface area (Å²) in [6.45, 7) is 1.81. The fourth-order valence-electron chi connectivity index (χ4n) is 3.42. The number of amides is 4. The third kappa shape index (κ3) is 4.92. The van der Waals surface area contributed by atoms with E-state index in [0.29, 0.717) is 11.3 Å². The van der Waals surface area contributed by atoms with Crippen LogP contribution in [0.5, 0.6) is 11.5 Å². The quantitative estimate of drug-likeness (QED) is 0.318. The molecule has 1 fully saturated rings. The fraction of sp³-hybridized carbons (Fsp3) is 0.0800. The fourth-order valence-corrected chi connectivity index (χ4v) is 4.38. The minimum absolute atomic E-state index is 0.0290. The Morgan fingerprint density at radius 1 is 0.886 bits per heavy atom. The van der Waals surface area contributed by atoms with E-state index in [1.807, 2.05) is 13.0 Å². The van der Waals surface area contributed by atoms with Crippen LogP contribution in [0, 0.1) is 6.92 Å². The summed E-state index contributed by atoms with van der Waals surface area (Å²) in [6.07, 6.45) is 1.28. The number of carbonyl (C=O) groups is 3. The second kappa shape index (κ2) is 9.43. The Morgan fingerprint density at radius 2 is 1.63 bits per heavy atom. The van der Waals surface area contributed by atoms with Crippen LogP contribution in [0.3, 0.4) is 0 Å². The summed E-state index contributed by atoms with van der Waals surface area (Å²) in [5, 5.41) is 2.16. The van der Waals surface area contributed by atoms with Gasteiger partial charge in [-0.3, -0.25) is 14.9 Å². The second-order valence-electron chi connectivity index (χ2n) is 7.56. The lowest BCUT2D eigenvalue weighted by Crippen LogP contribution is -2.54. The molecule has 9 nitrogen and oxygen atoms in total. The van der Waals surface area contributed by atoms with E-state index >= 15 is 0 Å². The number of nitrogens with one attached hydrogen (secondary N) is 1. The van der Waals surface area contributed by atoms with E-state index in [4.69, 9.17) is 8.92 Å². The van der Waals surface area contributed by atoms with Crippen LogP contribution < -0.4 is 19.1 Å². The Hall–Kier alpha value is -4.44. The number of methoxy groups -OCH3 is 1. The number of rotatable bonds is 6. The molecule has 1 N–H and O–H groups in total. The molecule has 0 spiro atoms. The smallest absolute Gasteiger partial charge is 0.339 e. The van der Waals surface area contributed by atoms with Crippen LogP contribution in [0.4, 0.5) is 10.5 Å². The maximum absolute atomic E-state index is 13.1. The van der Waals surface area contributed by atoms with Crippen LogP contribution in [0.15, 0.2) is 83.3 Å². The highest BCUT2D eigenvalue weighted by molar-refractivity contribution is 7.87. The first kappa shape index (κ1) is 23.7. The molecule has 1 saturated heterocycles. The summed E-state index contributed by atoms with van der Waals surface area (Å²) >= 11 is 0. The first-order chi connectivity index (χ1) is 16.7. The minimum Gasteiger partial charge on any atom is -0.493 e. The summed E-state index contributed by atoms with van der Waals surface area (Å²) in [5.74, 6) is -1.66. The van der Waals surface area contributed by atoms with Crippen LogP contribution in [0.1, 0.15) is 11.1 Å². The number of barbiturate groups is 1. The Morgan fingerprint density at radius 3 is 2.31 bits per heavy atom. The van der Waals surface area contributed by atoms with Crippen LogP contribution >= 0.6 is 0 Å². The van der Waals surface area contributed by atoms with Gasteiger partial charge in [-0.2, -0.15) is 8.42 Å². The maximum atomic E-state index is 13.1. The minimum atomic E-state index is -4.11. The van der Waals surface area contributed by atoms with Gasteiger partial charge in [0.25, 0.3) is 11.8 Å². The monoisotopic (exact) mass is 492 g/mol.